The van der Waals surface area contributed by atoms with E-state index in [0.717, 1.165) is 5.56 Å². The van der Waals surface area contributed by atoms with Crippen LogP contribution in [0, 0.1) is 11.6 Å². The second-order valence-electron chi connectivity index (χ2n) is 4.73. The zero-order valence-electron chi connectivity index (χ0n) is 11.0. The van der Waals surface area contributed by atoms with Crippen LogP contribution in [0.15, 0.2) is 42.5 Å². The summed E-state index contributed by atoms with van der Waals surface area (Å²) >= 11 is 0. The first-order valence-electron chi connectivity index (χ1n) is 6.23. The summed E-state index contributed by atoms with van der Waals surface area (Å²) in [4.78, 5) is 0. The number of benzene rings is 2. The molecule has 0 aromatic heterocycles. The molecule has 2 rings (SSSR count). The number of halogens is 2. The van der Waals surface area contributed by atoms with E-state index in [0.29, 0.717) is 6.61 Å². The van der Waals surface area contributed by atoms with Crippen molar-refractivity contribution in [2.75, 3.05) is 0 Å². The summed E-state index contributed by atoms with van der Waals surface area (Å²) in [5.74, 6) is -1.09. The molecule has 0 saturated heterocycles. The first-order valence-corrected chi connectivity index (χ1v) is 6.23. The van der Waals surface area contributed by atoms with Crippen molar-refractivity contribution < 1.29 is 13.5 Å². The van der Waals surface area contributed by atoms with E-state index < -0.39 is 11.6 Å². The lowest BCUT2D eigenvalue weighted by atomic mass is 10.0. The van der Waals surface area contributed by atoms with Crippen molar-refractivity contribution in [1.29, 1.82) is 0 Å². The molecule has 19 heavy (non-hydrogen) atoms. The Labute approximate surface area is 111 Å². The molecule has 0 amide bonds. The van der Waals surface area contributed by atoms with Crippen molar-refractivity contribution >= 4 is 0 Å². The summed E-state index contributed by atoms with van der Waals surface area (Å²) in [5, 5.41) is 0. The molecule has 2 aromatic rings. The fourth-order valence-electron chi connectivity index (χ4n) is 1.94. The number of rotatable bonds is 4. The summed E-state index contributed by atoms with van der Waals surface area (Å²) < 4.78 is 32.9. The average Bonchev–Trinajstić information content (AvgIpc) is 2.36. The highest BCUT2D eigenvalue weighted by Gasteiger charge is 2.14. The van der Waals surface area contributed by atoms with Crippen LogP contribution >= 0.6 is 0 Å². The van der Waals surface area contributed by atoms with Gasteiger partial charge in [-0.15, -0.1) is 0 Å². The second kappa shape index (κ2) is 5.83. The average molecular weight is 262 g/mol. The Kier molecular flexibility index (Phi) is 4.15. The van der Waals surface area contributed by atoms with Crippen LogP contribution < -0.4 is 4.74 Å². The van der Waals surface area contributed by atoms with Gasteiger partial charge in [0.25, 0.3) is 0 Å². The molecule has 0 aliphatic rings. The predicted octanol–water partition coefficient (Wildman–Crippen LogP) is 4.67. The van der Waals surface area contributed by atoms with Crippen LogP contribution in [0.3, 0.4) is 0 Å². The summed E-state index contributed by atoms with van der Waals surface area (Å²) in [5.41, 5.74) is 1.06. The molecule has 1 nitrogen and oxygen atoms in total. The van der Waals surface area contributed by atoms with Gasteiger partial charge in [-0.1, -0.05) is 44.2 Å². The van der Waals surface area contributed by atoms with E-state index in [1.807, 2.05) is 30.3 Å². The second-order valence-corrected chi connectivity index (χ2v) is 4.73. The van der Waals surface area contributed by atoms with Crippen molar-refractivity contribution in [1.82, 2.24) is 0 Å². The minimum Gasteiger partial charge on any atom is -0.489 e. The minimum absolute atomic E-state index is 0.104. The van der Waals surface area contributed by atoms with Crippen LogP contribution in [0.2, 0.25) is 0 Å². The summed E-state index contributed by atoms with van der Waals surface area (Å²) in [6, 6.07) is 12.0. The molecule has 3 heteroatoms. The SMILES string of the molecule is CC(C)c1c(F)cc(OCc2ccccc2)cc1F. The third kappa shape index (κ3) is 3.31. The lowest BCUT2D eigenvalue weighted by Crippen LogP contribution is -2.01. The van der Waals surface area contributed by atoms with Crippen molar-refractivity contribution in [2.45, 2.75) is 26.4 Å². The molecule has 0 saturated carbocycles. The molecule has 0 atom stereocenters. The smallest absolute Gasteiger partial charge is 0.133 e. The molecule has 0 radical (unpaired) electrons. The summed E-state index contributed by atoms with van der Waals surface area (Å²) in [6.45, 7) is 3.80. The first kappa shape index (κ1) is 13.5. The van der Waals surface area contributed by atoms with Crippen molar-refractivity contribution in [3.63, 3.8) is 0 Å². The van der Waals surface area contributed by atoms with Crippen molar-refractivity contribution in [3.8, 4) is 5.75 Å². The highest BCUT2D eigenvalue weighted by Crippen LogP contribution is 2.26. The van der Waals surface area contributed by atoms with Gasteiger partial charge in [-0.3, -0.25) is 0 Å². The van der Waals surface area contributed by atoms with Crippen LogP contribution in [0.25, 0.3) is 0 Å². The van der Waals surface area contributed by atoms with Crippen molar-refractivity contribution in [2.24, 2.45) is 0 Å². The van der Waals surface area contributed by atoms with Crippen molar-refractivity contribution in [3.05, 3.63) is 65.2 Å². The fraction of sp³-hybridized carbons (Fsp3) is 0.250. The van der Waals surface area contributed by atoms with Gasteiger partial charge in [0, 0.05) is 17.7 Å². The maximum atomic E-state index is 13.8. The molecule has 0 fully saturated rings. The molecular weight excluding hydrogens is 246 g/mol. The Hall–Kier alpha value is -1.90. The molecule has 0 aliphatic heterocycles. The van der Waals surface area contributed by atoms with E-state index in [1.165, 1.54) is 12.1 Å². The molecule has 100 valence electrons. The predicted molar refractivity (Wildman–Crippen MR) is 71.2 cm³/mol. The van der Waals surface area contributed by atoms with Gasteiger partial charge in [0.1, 0.15) is 24.0 Å². The van der Waals surface area contributed by atoms with Gasteiger partial charge in [0.2, 0.25) is 0 Å². The molecular formula is C16H16F2O. The maximum Gasteiger partial charge on any atom is 0.133 e. The van der Waals surface area contributed by atoms with E-state index in [1.54, 1.807) is 13.8 Å². The Bertz CT molecular complexity index is 527. The third-order valence-electron chi connectivity index (χ3n) is 2.88. The van der Waals surface area contributed by atoms with E-state index in [9.17, 15) is 8.78 Å². The quantitative estimate of drug-likeness (QED) is 0.778. The Morgan fingerprint density at radius 1 is 1.00 bits per heavy atom. The number of ether oxygens (including phenoxy) is 1. The van der Waals surface area contributed by atoms with Gasteiger partial charge in [-0.05, 0) is 11.5 Å². The van der Waals surface area contributed by atoms with Gasteiger partial charge < -0.3 is 4.74 Å². The molecule has 2 aromatic carbocycles. The highest BCUT2D eigenvalue weighted by atomic mass is 19.1. The van der Waals surface area contributed by atoms with Crippen LogP contribution in [-0.4, -0.2) is 0 Å². The Morgan fingerprint density at radius 3 is 2.11 bits per heavy atom. The topological polar surface area (TPSA) is 9.23 Å². The molecule has 0 aliphatic carbocycles. The van der Waals surface area contributed by atoms with Crippen LogP contribution in [0.1, 0.15) is 30.9 Å². The normalized spacial score (nSPS) is 10.8. The standard InChI is InChI=1S/C16H16F2O/c1-11(2)16-14(17)8-13(9-15(16)18)19-10-12-6-4-3-5-7-12/h3-9,11H,10H2,1-2H3. The number of hydrogen-bond acceptors (Lipinski definition) is 1. The Balaban J connectivity index is 2.14. The van der Waals surface area contributed by atoms with Gasteiger partial charge in [-0.25, -0.2) is 8.78 Å². The Morgan fingerprint density at radius 2 is 1.58 bits per heavy atom. The zero-order valence-corrected chi connectivity index (χ0v) is 11.0. The molecule has 0 bridgehead atoms. The van der Waals surface area contributed by atoms with Gasteiger partial charge in [0.15, 0.2) is 0 Å². The first-order chi connectivity index (χ1) is 9.08. The van der Waals surface area contributed by atoms with Gasteiger partial charge in [0.05, 0.1) is 0 Å². The minimum atomic E-state index is -0.557. The molecule has 0 heterocycles. The zero-order chi connectivity index (χ0) is 13.8. The van der Waals surface area contributed by atoms with Crippen LogP contribution in [0.5, 0.6) is 5.75 Å². The molecule has 0 N–H and O–H groups in total. The van der Waals surface area contributed by atoms with Crippen LogP contribution in [0.4, 0.5) is 8.78 Å². The fourth-order valence-corrected chi connectivity index (χ4v) is 1.94. The molecule has 0 spiro atoms. The summed E-state index contributed by atoms with van der Waals surface area (Å²) in [7, 11) is 0. The lowest BCUT2D eigenvalue weighted by Gasteiger charge is -2.12. The van der Waals surface area contributed by atoms with Gasteiger partial charge >= 0.3 is 0 Å². The van der Waals surface area contributed by atoms with E-state index >= 15 is 0 Å². The largest absolute Gasteiger partial charge is 0.489 e. The van der Waals surface area contributed by atoms with E-state index in [-0.39, 0.29) is 17.2 Å². The summed E-state index contributed by atoms with van der Waals surface area (Å²) in [6.07, 6.45) is 0. The molecule has 0 unspecified atom stereocenters. The highest BCUT2D eigenvalue weighted by molar-refractivity contribution is 5.32. The third-order valence-corrected chi connectivity index (χ3v) is 2.88. The maximum absolute atomic E-state index is 13.8. The monoisotopic (exact) mass is 262 g/mol. The van der Waals surface area contributed by atoms with Crippen LogP contribution in [-0.2, 0) is 6.61 Å². The van der Waals surface area contributed by atoms with E-state index in [4.69, 9.17) is 4.74 Å². The lowest BCUT2D eigenvalue weighted by molar-refractivity contribution is 0.302. The van der Waals surface area contributed by atoms with Gasteiger partial charge in [-0.2, -0.15) is 0 Å². The number of hydrogen-bond donors (Lipinski definition) is 0. The van der Waals surface area contributed by atoms with E-state index in [2.05, 4.69) is 0 Å².